The minimum atomic E-state index is -3.46. The van der Waals surface area contributed by atoms with E-state index in [9.17, 15) is 24.2 Å². The van der Waals surface area contributed by atoms with Gasteiger partial charge in [-0.05, 0) is 37.0 Å². The second kappa shape index (κ2) is 12.8. The van der Waals surface area contributed by atoms with Crippen molar-refractivity contribution in [2.45, 2.75) is 84.4 Å². The Kier molecular flexibility index (Phi) is 11.6. The summed E-state index contributed by atoms with van der Waals surface area (Å²) in [6.07, 6.45) is 4.69. The van der Waals surface area contributed by atoms with Crippen molar-refractivity contribution < 1.29 is 24.2 Å². The molecule has 0 heterocycles. The van der Waals surface area contributed by atoms with Gasteiger partial charge in [0.2, 0.25) is 19.2 Å². The summed E-state index contributed by atoms with van der Waals surface area (Å²) >= 11 is 0. The zero-order valence-corrected chi connectivity index (χ0v) is 19.9. The Bertz CT molecular complexity index is 593. The van der Waals surface area contributed by atoms with Gasteiger partial charge < -0.3 is 26.4 Å². The Balaban J connectivity index is 2.51. The lowest BCUT2D eigenvalue weighted by Gasteiger charge is -2.26. The van der Waals surface area contributed by atoms with E-state index in [1.807, 2.05) is 13.8 Å². The smallest absolute Gasteiger partial charge is 0.242 e. The fraction of sp³-hybridized carbons (Fsp3) is 0.905. The lowest BCUT2D eigenvalue weighted by atomic mass is 9.91. The van der Waals surface area contributed by atoms with E-state index in [-0.39, 0.29) is 42.5 Å². The van der Waals surface area contributed by atoms with Crippen LogP contribution in [0.5, 0.6) is 0 Å². The van der Waals surface area contributed by atoms with Gasteiger partial charge in [0, 0.05) is 12.7 Å². The second-order valence-corrected chi connectivity index (χ2v) is 12.0. The van der Waals surface area contributed by atoms with Gasteiger partial charge in [0.25, 0.3) is 0 Å². The highest BCUT2D eigenvalue weighted by Crippen LogP contribution is 2.45. The molecule has 1 aliphatic carbocycles. The van der Waals surface area contributed by atoms with E-state index in [0.717, 1.165) is 25.7 Å². The Hall–Kier alpha value is -0.950. The maximum atomic E-state index is 12.5. The number of carbonyl (C=O) groups excluding carboxylic acids is 2. The van der Waals surface area contributed by atoms with Crippen LogP contribution in [0, 0.1) is 17.8 Å². The molecule has 176 valence electrons. The van der Waals surface area contributed by atoms with Crippen LogP contribution in [0.3, 0.4) is 0 Å². The van der Waals surface area contributed by atoms with Crippen LogP contribution >= 0.6 is 7.37 Å². The number of rotatable bonds is 12. The number of amides is 2. The number of hydrogen-bond donors (Lipinski definition) is 5. The summed E-state index contributed by atoms with van der Waals surface area (Å²) in [6.45, 7) is 7.41. The number of aliphatic hydroxyl groups excluding tert-OH is 1. The van der Waals surface area contributed by atoms with E-state index in [4.69, 9.17) is 5.73 Å². The van der Waals surface area contributed by atoms with Gasteiger partial charge in [-0.25, -0.2) is 0 Å². The van der Waals surface area contributed by atoms with Crippen LogP contribution in [0.25, 0.3) is 0 Å². The molecule has 2 amide bonds. The van der Waals surface area contributed by atoms with Gasteiger partial charge in [0.1, 0.15) is 6.04 Å². The molecule has 30 heavy (non-hydrogen) atoms. The van der Waals surface area contributed by atoms with Crippen molar-refractivity contribution in [3.63, 3.8) is 0 Å². The summed E-state index contributed by atoms with van der Waals surface area (Å²) in [4.78, 5) is 35.1. The van der Waals surface area contributed by atoms with Crippen LogP contribution in [-0.2, 0) is 14.2 Å². The summed E-state index contributed by atoms with van der Waals surface area (Å²) in [5, 5.41) is 15.5. The van der Waals surface area contributed by atoms with Crippen molar-refractivity contribution in [3.05, 3.63) is 0 Å². The summed E-state index contributed by atoms with van der Waals surface area (Å²) in [7, 11) is -3.46. The maximum absolute atomic E-state index is 12.5. The lowest BCUT2D eigenvalue weighted by molar-refractivity contribution is -0.131. The lowest BCUT2D eigenvalue weighted by Crippen LogP contribution is -2.54. The first-order valence-electron chi connectivity index (χ1n) is 11.2. The van der Waals surface area contributed by atoms with Crippen molar-refractivity contribution in [1.29, 1.82) is 0 Å². The van der Waals surface area contributed by atoms with E-state index in [2.05, 4.69) is 10.6 Å². The zero-order chi connectivity index (χ0) is 22.9. The minimum absolute atomic E-state index is 0.134. The molecule has 9 heteroatoms. The van der Waals surface area contributed by atoms with Gasteiger partial charge in [-0.1, -0.05) is 47.0 Å². The van der Waals surface area contributed by atoms with Crippen LogP contribution in [0.15, 0.2) is 0 Å². The molecule has 0 aromatic heterocycles. The first kappa shape index (κ1) is 27.1. The molecular formula is C21H42N3O5P. The molecule has 1 rings (SSSR count). The van der Waals surface area contributed by atoms with Crippen molar-refractivity contribution in [1.82, 2.24) is 10.6 Å². The van der Waals surface area contributed by atoms with E-state index >= 15 is 0 Å². The number of aliphatic hydroxyl groups is 1. The van der Waals surface area contributed by atoms with Crippen LogP contribution in [0.2, 0.25) is 0 Å². The molecule has 0 saturated heterocycles. The first-order valence-corrected chi connectivity index (χ1v) is 13.3. The third-order valence-electron chi connectivity index (χ3n) is 5.59. The highest BCUT2D eigenvalue weighted by atomic mass is 31.2. The molecule has 0 aromatic rings. The van der Waals surface area contributed by atoms with Gasteiger partial charge in [0.05, 0.1) is 18.3 Å². The number of nitrogens with one attached hydrogen (secondary N) is 2. The number of nitrogens with two attached hydrogens (primary N) is 1. The molecule has 0 aliphatic heterocycles. The quantitative estimate of drug-likeness (QED) is 0.289. The Labute approximate surface area is 181 Å². The standard InChI is InChI=1S/C21H42N3O5P/c1-14(2)10-18(22)20(26)24-19(15(3)4)21(27)23-11-17(25)13-30(28,29)12-16-8-6-5-7-9-16/h14-19,25H,5-13,22H2,1-4H3,(H,23,27)(H,24,26)(H,28,29). The van der Waals surface area contributed by atoms with E-state index < -0.39 is 31.5 Å². The normalized spacial score (nSPS) is 20.4. The third kappa shape index (κ3) is 10.4. The average Bonchev–Trinajstić information content (AvgIpc) is 2.63. The fourth-order valence-corrected chi connectivity index (χ4v) is 6.09. The molecule has 1 aliphatic rings. The predicted molar refractivity (Wildman–Crippen MR) is 119 cm³/mol. The van der Waals surface area contributed by atoms with Crippen molar-refractivity contribution in [2.75, 3.05) is 18.9 Å². The molecule has 1 saturated carbocycles. The topological polar surface area (TPSA) is 142 Å². The van der Waals surface area contributed by atoms with Gasteiger partial charge in [-0.3, -0.25) is 14.2 Å². The average molecular weight is 448 g/mol. The summed E-state index contributed by atoms with van der Waals surface area (Å²) in [5.41, 5.74) is 5.89. The fourth-order valence-electron chi connectivity index (χ4n) is 3.98. The van der Waals surface area contributed by atoms with Crippen molar-refractivity contribution in [3.8, 4) is 0 Å². The highest BCUT2D eigenvalue weighted by molar-refractivity contribution is 7.58. The molecule has 1 fully saturated rings. The van der Waals surface area contributed by atoms with E-state index in [1.54, 1.807) is 13.8 Å². The molecule has 4 atom stereocenters. The van der Waals surface area contributed by atoms with Gasteiger partial charge in [-0.2, -0.15) is 0 Å². The minimum Gasteiger partial charge on any atom is -0.391 e. The van der Waals surface area contributed by atoms with Crippen LogP contribution < -0.4 is 16.4 Å². The molecule has 4 unspecified atom stereocenters. The maximum Gasteiger partial charge on any atom is 0.242 e. The Morgan fingerprint density at radius 1 is 1.10 bits per heavy atom. The molecule has 0 aromatic carbocycles. The van der Waals surface area contributed by atoms with Crippen LogP contribution in [0.1, 0.15) is 66.2 Å². The SMILES string of the molecule is CC(C)CC(N)C(=O)NC(C(=O)NCC(O)CP(=O)(O)CC1CCCCC1)C(C)C. The summed E-state index contributed by atoms with van der Waals surface area (Å²) in [5.74, 6) is -0.491. The third-order valence-corrected chi connectivity index (χ3v) is 7.66. The molecular weight excluding hydrogens is 405 g/mol. The first-order chi connectivity index (χ1) is 13.9. The monoisotopic (exact) mass is 447 g/mol. The Morgan fingerprint density at radius 2 is 1.70 bits per heavy atom. The highest BCUT2D eigenvalue weighted by Gasteiger charge is 2.30. The van der Waals surface area contributed by atoms with Gasteiger partial charge in [0.15, 0.2) is 0 Å². The number of carbonyl (C=O) groups is 2. The summed E-state index contributed by atoms with van der Waals surface area (Å²) < 4.78 is 12.5. The number of hydrogen-bond acceptors (Lipinski definition) is 5. The van der Waals surface area contributed by atoms with Crippen molar-refractivity contribution in [2.24, 2.45) is 23.5 Å². The zero-order valence-electron chi connectivity index (χ0n) is 19.0. The molecule has 0 bridgehead atoms. The second-order valence-electron chi connectivity index (χ2n) is 9.58. The van der Waals surface area contributed by atoms with E-state index in [0.29, 0.717) is 6.42 Å². The molecule has 8 nitrogen and oxygen atoms in total. The van der Waals surface area contributed by atoms with Crippen LogP contribution in [-0.4, -0.2) is 58.9 Å². The van der Waals surface area contributed by atoms with Gasteiger partial charge in [-0.15, -0.1) is 0 Å². The predicted octanol–water partition coefficient (Wildman–Crippen LogP) is 1.83. The molecule has 6 N–H and O–H groups in total. The summed E-state index contributed by atoms with van der Waals surface area (Å²) in [6, 6.07) is -1.48. The molecule has 0 spiro atoms. The molecule has 0 radical (unpaired) electrons. The van der Waals surface area contributed by atoms with Crippen molar-refractivity contribution >= 4 is 19.2 Å². The largest absolute Gasteiger partial charge is 0.391 e. The van der Waals surface area contributed by atoms with Crippen LogP contribution in [0.4, 0.5) is 0 Å². The van der Waals surface area contributed by atoms with E-state index in [1.165, 1.54) is 6.42 Å². The Morgan fingerprint density at radius 3 is 2.23 bits per heavy atom. The van der Waals surface area contributed by atoms with Gasteiger partial charge >= 0.3 is 0 Å².